The van der Waals surface area contributed by atoms with Gasteiger partial charge in [-0.2, -0.15) is 0 Å². The fraction of sp³-hybridized carbons (Fsp3) is 0.222. The molecule has 0 saturated heterocycles. The van der Waals surface area contributed by atoms with E-state index in [0.29, 0.717) is 0 Å². The molecule has 0 aliphatic heterocycles. The highest BCUT2D eigenvalue weighted by atomic mass is 32.2. The van der Waals surface area contributed by atoms with Gasteiger partial charge in [-0.1, -0.05) is 80.2 Å². The van der Waals surface area contributed by atoms with Crippen molar-refractivity contribution in [1.29, 1.82) is 0 Å². The minimum absolute atomic E-state index is 0.0803. The molecule has 1 aliphatic carbocycles. The van der Waals surface area contributed by atoms with Crippen LogP contribution in [0, 0.1) is 17.3 Å². The van der Waals surface area contributed by atoms with E-state index in [0.717, 1.165) is 17.1 Å². The lowest BCUT2D eigenvalue weighted by Crippen LogP contribution is -2.10. The van der Waals surface area contributed by atoms with E-state index in [2.05, 4.69) is 37.5 Å². The standard InChI is InChI=1S/C27H26O3S/c1-27(2)24(16-17-31-23-14-7-4-8-15-23)25(27)26(28)29-19-20-10-9-13-22(18-20)30-21-11-5-3-6-12-21/h3-18,24-25H,19H2,1-2H3/b17-16+/t24-,25-/m0/s1. The molecule has 0 N–H and O–H groups in total. The van der Waals surface area contributed by atoms with Crippen molar-refractivity contribution in [2.75, 3.05) is 0 Å². The second-order valence-corrected chi connectivity index (χ2v) is 9.23. The second kappa shape index (κ2) is 9.44. The van der Waals surface area contributed by atoms with Crippen LogP contribution in [0.5, 0.6) is 11.5 Å². The first-order valence-corrected chi connectivity index (χ1v) is 11.3. The van der Waals surface area contributed by atoms with Crippen LogP contribution in [0.1, 0.15) is 19.4 Å². The van der Waals surface area contributed by atoms with E-state index in [4.69, 9.17) is 9.47 Å². The summed E-state index contributed by atoms with van der Waals surface area (Å²) in [7, 11) is 0. The average molecular weight is 431 g/mol. The lowest BCUT2D eigenvalue weighted by atomic mass is 10.1. The summed E-state index contributed by atoms with van der Waals surface area (Å²) in [6.45, 7) is 4.48. The maximum atomic E-state index is 12.7. The summed E-state index contributed by atoms with van der Waals surface area (Å²) in [4.78, 5) is 13.9. The fourth-order valence-electron chi connectivity index (χ4n) is 3.76. The molecule has 0 spiro atoms. The van der Waals surface area contributed by atoms with E-state index in [1.165, 1.54) is 4.90 Å². The number of thioether (sulfide) groups is 1. The number of rotatable bonds is 8. The first kappa shape index (κ1) is 21.3. The Bertz CT molecular complexity index is 1040. The number of hydrogen-bond donors (Lipinski definition) is 0. The van der Waals surface area contributed by atoms with Crippen molar-refractivity contribution in [3.63, 3.8) is 0 Å². The quantitative estimate of drug-likeness (QED) is 0.282. The van der Waals surface area contributed by atoms with E-state index in [-0.39, 0.29) is 29.8 Å². The molecule has 0 radical (unpaired) electrons. The van der Waals surface area contributed by atoms with Crippen LogP contribution < -0.4 is 4.74 Å². The number of carbonyl (C=O) groups is 1. The molecule has 1 fully saturated rings. The molecule has 3 aromatic rings. The molecule has 2 atom stereocenters. The molecule has 31 heavy (non-hydrogen) atoms. The van der Waals surface area contributed by atoms with Gasteiger partial charge in [0.15, 0.2) is 0 Å². The normalized spacial score (nSPS) is 19.2. The minimum Gasteiger partial charge on any atom is -0.461 e. The summed E-state index contributed by atoms with van der Waals surface area (Å²) in [6, 6.07) is 27.5. The van der Waals surface area contributed by atoms with Crippen LogP contribution in [-0.2, 0) is 16.1 Å². The summed E-state index contributed by atoms with van der Waals surface area (Å²) in [5, 5.41) is 2.08. The van der Waals surface area contributed by atoms with Gasteiger partial charge in [0.2, 0.25) is 0 Å². The van der Waals surface area contributed by atoms with Crippen molar-refractivity contribution in [3.8, 4) is 11.5 Å². The zero-order chi connectivity index (χ0) is 21.7. The zero-order valence-corrected chi connectivity index (χ0v) is 18.5. The van der Waals surface area contributed by atoms with Crippen molar-refractivity contribution in [1.82, 2.24) is 0 Å². The molecule has 1 aliphatic rings. The molecular weight excluding hydrogens is 404 g/mol. The Morgan fingerprint density at radius 3 is 2.35 bits per heavy atom. The Labute approximate surface area is 188 Å². The van der Waals surface area contributed by atoms with Crippen LogP contribution in [0.15, 0.2) is 101 Å². The lowest BCUT2D eigenvalue weighted by Gasteiger charge is -2.09. The third-order valence-corrected chi connectivity index (χ3v) is 6.49. The maximum absolute atomic E-state index is 12.7. The topological polar surface area (TPSA) is 35.5 Å². The van der Waals surface area contributed by atoms with Crippen molar-refractivity contribution >= 4 is 17.7 Å². The highest BCUT2D eigenvalue weighted by Gasteiger charge is 2.61. The number of allylic oxidation sites excluding steroid dienone is 1. The highest BCUT2D eigenvalue weighted by Crippen LogP contribution is 2.59. The Hall–Kier alpha value is -2.98. The molecule has 1 saturated carbocycles. The van der Waals surface area contributed by atoms with Gasteiger partial charge in [0.1, 0.15) is 18.1 Å². The van der Waals surface area contributed by atoms with Gasteiger partial charge in [0.05, 0.1) is 5.92 Å². The predicted molar refractivity (Wildman–Crippen MR) is 125 cm³/mol. The van der Waals surface area contributed by atoms with Gasteiger partial charge in [0, 0.05) is 4.90 Å². The summed E-state index contributed by atoms with van der Waals surface area (Å²) in [5.74, 6) is 1.45. The van der Waals surface area contributed by atoms with Crippen LogP contribution in [0.4, 0.5) is 0 Å². The molecule has 158 valence electrons. The largest absolute Gasteiger partial charge is 0.461 e. The Morgan fingerprint density at radius 1 is 0.935 bits per heavy atom. The minimum atomic E-state index is -0.140. The zero-order valence-electron chi connectivity index (χ0n) is 17.7. The number of benzene rings is 3. The van der Waals surface area contributed by atoms with Crippen molar-refractivity contribution < 1.29 is 14.3 Å². The van der Waals surface area contributed by atoms with Crippen molar-refractivity contribution in [2.45, 2.75) is 25.3 Å². The predicted octanol–water partition coefficient (Wildman–Crippen LogP) is 7.10. The molecule has 0 unspecified atom stereocenters. The van der Waals surface area contributed by atoms with E-state index >= 15 is 0 Å². The third-order valence-electron chi connectivity index (χ3n) is 5.66. The number of esters is 1. The maximum Gasteiger partial charge on any atom is 0.310 e. The van der Waals surface area contributed by atoms with Crippen LogP contribution in [0.2, 0.25) is 0 Å². The van der Waals surface area contributed by atoms with Gasteiger partial charge in [-0.3, -0.25) is 4.79 Å². The molecule has 0 aromatic heterocycles. The highest BCUT2D eigenvalue weighted by molar-refractivity contribution is 8.02. The molecular formula is C27H26O3S. The number of carbonyl (C=O) groups excluding carboxylic acids is 1. The summed E-state index contributed by atoms with van der Waals surface area (Å²) < 4.78 is 11.5. The van der Waals surface area contributed by atoms with Crippen LogP contribution in [0.3, 0.4) is 0 Å². The molecule has 4 heteroatoms. The van der Waals surface area contributed by atoms with E-state index in [1.54, 1.807) is 11.8 Å². The van der Waals surface area contributed by atoms with Gasteiger partial charge in [-0.25, -0.2) is 0 Å². The fourth-order valence-corrected chi connectivity index (χ4v) is 4.48. The summed E-state index contributed by atoms with van der Waals surface area (Å²) in [6.07, 6.45) is 2.14. The molecule has 4 rings (SSSR count). The summed E-state index contributed by atoms with van der Waals surface area (Å²) >= 11 is 1.67. The molecule has 0 heterocycles. The molecule has 3 aromatic carbocycles. The monoisotopic (exact) mass is 430 g/mol. The molecule has 0 amide bonds. The first-order valence-electron chi connectivity index (χ1n) is 10.4. The third kappa shape index (κ3) is 5.39. The Morgan fingerprint density at radius 2 is 1.61 bits per heavy atom. The summed E-state index contributed by atoms with van der Waals surface area (Å²) in [5.41, 5.74) is 0.829. The lowest BCUT2D eigenvalue weighted by molar-refractivity contribution is -0.147. The molecule has 0 bridgehead atoms. The Kier molecular flexibility index (Phi) is 6.47. The molecule has 3 nitrogen and oxygen atoms in total. The van der Waals surface area contributed by atoms with Gasteiger partial charge in [0.25, 0.3) is 0 Å². The van der Waals surface area contributed by atoms with Gasteiger partial charge < -0.3 is 9.47 Å². The van der Waals surface area contributed by atoms with Crippen LogP contribution in [0.25, 0.3) is 0 Å². The number of para-hydroxylation sites is 1. The van der Waals surface area contributed by atoms with Crippen LogP contribution >= 0.6 is 11.8 Å². The average Bonchev–Trinajstić information content (AvgIpc) is 3.34. The van der Waals surface area contributed by atoms with Crippen molar-refractivity contribution in [2.24, 2.45) is 17.3 Å². The van der Waals surface area contributed by atoms with Crippen LogP contribution in [-0.4, -0.2) is 5.97 Å². The van der Waals surface area contributed by atoms with Gasteiger partial charge in [-0.15, -0.1) is 0 Å². The van der Waals surface area contributed by atoms with Gasteiger partial charge >= 0.3 is 5.97 Å². The van der Waals surface area contributed by atoms with E-state index in [1.807, 2.05) is 72.8 Å². The second-order valence-electron chi connectivity index (χ2n) is 8.25. The Balaban J connectivity index is 1.31. The van der Waals surface area contributed by atoms with E-state index < -0.39 is 0 Å². The van der Waals surface area contributed by atoms with Crippen molar-refractivity contribution in [3.05, 3.63) is 102 Å². The number of ether oxygens (including phenoxy) is 2. The number of hydrogen-bond acceptors (Lipinski definition) is 4. The SMILES string of the molecule is CC1(C)[C@H](C(=O)OCc2cccc(Oc3ccccc3)c2)[C@@H]1/C=C/Sc1ccccc1. The van der Waals surface area contributed by atoms with Gasteiger partial charge in [-0.05, 0) is 58.7 Å². The van der Waals surface area contributed by atoms with E-state index in [9.17, 15) is 4.79 Å². The first-order chi connectivity index (χ1) is 15.0. The smallest absolute Gasteiger partial charge is 0.310 e.